The zero-order valence-electron chi connectivity index (χ0n) is 8.97. The van der Waals surface area contributed by atoms with Crippen molar-refractivity contribution in [3.8, 4) is 0 Å². The minimum Gasteiger partial charge on any atom is -0.367 e. The van der Waals surface area contributed by atoms with Gasteiger partial charge in [-0.05, 0) is 26.1 Å². The highest BCUT2D eigenvalue weighted by Gasteiger charge is 2.32. The monoisotopic (exact) mass is 234 g/mol. The number of nitrogens with one attached hydrogen (secondary N) is 2. The summed E-state index contributed by atoms with van der Waals surface area (Å²) in [6.45, 7) is 2.50. The quantitative estimate of drug-likeness (QED) is 0.829. The number of likely N-dealkylation sites (N-methyl/N-ethyl adjacent to an activating group) is 1. The first-order chi connectivity index (χ1) is 7.43. The molecule has 0 fully saturated rings. The van der Waals surface area contributed by atoms with Crippen LogP contribution in [0.3, 0.4) is 0 Å². The fourth-order valence-electron chi connectivity index (χ4n) is 0.937. The Balaban J connectivity index is 2.58. The van der Waals surface area contributed by atoms with E-state index in [1.54, 1.807) is 7.05 Å². The number of anilines is 1. The summed E-state index contributed by atoms with van der Waals surface area (Å²) in [6, 6.07) is 2.36. The lowest BCUT2D eigenvalue weighted by Crippen LogP contribution is -2.29. The molecule has 1 aromatic rings. The van der Waals surface area contributed by atoms with Crippen LogP contribution in [0.15, 0.2) is 12.1 Å². The molecular formula is C9H13F3N4. The number of hydrogen-bond donors (Lipinski definition) is 2. The van der Waals surface area contributed by atoms with E-state index in [1.807, 2.05) is 6.92 Å². The second-order valence-electron chi connectivity index (χ2n) is 3.37. The van der Waals surface area contributed by atoms with Gasteiger partial charge in [0.15, 0.2) is 5.69 Å². The summed E-state index contributed by atoms with van der Waals surface area (Å²) in [5.41, 5.74) is -0.986. The van der Waals surface area contributed by atoms with E-state index in [2.05, 4.69) is 20.8 Å². The molecule has 1 atom stereocenters. The fraction of sp³-hybridized carbons (Fsp3) is 0.556. The van der Waals surface area contributed by atoms with Gasteiger partial charge in [0, 0.05) is 12.6 Å². The molecule has 1 rings (SSSR count). The minimum atomic E-state index is -4.44. The van der Waals surface area contributed by atoms with Gasteiger partial charge in [-0.15, -0.1) is 10.2 Å². The van der Waals surface area contributed by atoms with Gasteiger partial charge < -0.3 is 10.6 Å². The highest BCUT2D eigenvalue weighted by Crippen LogP contribution is 2.26. The second kappa shape index (κ2) is 5.11. The van der Waals surface area contributed by atoms with Crippen LogP contribution in [0.1, 0.15) is 12.6 Å². The van der Waals surface area contributed by atoms with Gasteiger partial charge in [-0.2, -0.15) is 13.2 Å². The third-order valence-corrected chi connectivity index (χ3v) is 2.04. The van der Waals surface area contributed by atoms with Gasteiger partial charge in [0.05, 0.1) is 0 Å². The highest BCUT2D eigenvalue weighted by atomic mass is 19.4. The molecule has 0 bridgehead atoms. The molecule has 0 aliphatic carbocycles. The molecule has 1 heterocycles. The van der Waals surface area contributed by atoms with Gasteiger partial charge in [0.2, 0.25) is 0 Å². The fourth-order valence-corrected chi connectivity index (χ4v) is 0.937. The summed E-state index contributed by atoms with van der Waals surface area (Å²) in [7, 11) is 1.80. The lowest BCUT2D eigenvalue weighted by atomic mass is 10.3. The first-order valence-corrected chi connectivity index (χ1v) is 4.75. The summed E-state index contributed by atoms with van der Waals surface area (Å²) in [6.07, 6.45) is -4.44. The Morgan fingerprint density at radius 1 is 1.31 bits per heavy atom. The molecule has 0 aromatic carbocycles. The summed E-state index contributed by atoms with van der Waals surface area (Å²) in [5.74, 6) is 0.329. The van der Waals surface area contributed by atoms with Crippen LogP contribution in [0.2, 0.25) is 0 Å². The van der Waals surface area contributed by atoms with E-state index in [0.717, 1.165) is 6.07 Å². The molecule has 2 N–H and O–H groups in total. The van der Waals surface area contributed by atoms with Crippen LogP contribution >= 0.6 is 0 Å². The van der Waals surface area contributed by atoms with Gasteiger partial charge in [-0.3, -0.25) is 0 Å². The largest absolute Gasteiger partial charge is 0.435 e. The number of nitrogens with zero attached hydrogens (tertiary/aromatic N) is 2. The maximum atomic E-state index is 12.2. The van der Waals surface area contributed by atoms with Crippen LogP contribution in [0.5, 0.6) is 0 Å². The molecule has 0 aliphatic heterocycles. The maximum absolute atomic E-state index is 12.2. The predicted molar refractivity (Wildman–Crippen MR) is 54.0 cm³/mol. The van der Waals surface area contributed by atoms with Crippen LogP contribution in [0.25, 0.3) is 0 Å². The normalized spacial score (nSPS) is 13.6. The van der Waals surface area contributed by atoms with E-state index >= 15 is 0 Å². The number of halogens is 3. The van der Waals surface area contributed by atoms with Crippen molar-refractivity contribution in [1.82, 2.24) is 15.5 Å². The summed E-state index contributed by atoms with van der Waals surface area (Å²) < 4.78 is 36.5. The molecule has 1 unspecified atom stereocenters. The average Bonchev–Trinajstić information content (AvgIpc) is 2.25. The number of alkyl halides is 3. The third kappa shape index (κ3) is 3.65. The molecule has 16 heavy (non-hydrogen) atoms. The van der Waals surface area contributed by atoms with Crippen molar-refractivity contribution in [2.45, 2.75) is 19.1 Å². The van der Waals surface area contributed by atoms with Crippen molar-refractivity contribution < 1.29 is 13.2 Å². The van der Waals surface area contributed by atoms with Gasteiger partial charge in [-0.1, -0.05) is 0 Å². The van der Waals surface area contributed by atoms with Crippen LogP contribution < -0.4 is 10.6 Å². The lowest BCUT2D eigenvalue weighted by Gasteiger charge is -2.11. The maximum Gasteiger partial charge on any atom is 0.435 e. The van der Waals surface area contributed by atoms with Crippen molar-refractivity contribution >= 4 is 5.82 Å². The van der Waals surface area contributed by atoms with Crippen LogP contribution in [0, 0.1) is 0 Å². The van der Waals surface area contributed by atoms with E-state index in [4.69, 9.17) is 0 Å². The molecule has 0 radical (unpaired) electrons. The van der Waals surface area contributed by atoms with E-state index in [0.29, 0.717) is 12.4 Å². The van der Waals surface area contributed by atoms with Crippen molar-refractivity contribution in [2.24, 2.45) is 0 Å². The van der Waals surface area contributed by atoms with Crippen molar-refractivity contribution in [1.29, 1.82) is 0 Å². The SMILES string of the molecule is CNC(C)CNc1ccc(C(F)(F)F)nn1. The van der Waals surface area contributed by atoms with E-state index in [1.165, 1.54) is 6.07 Å². The Kier molecular flexibility index (Phi) is 4.05. The Labute approximate surface area is 91.3 Å². The van der Waals surface area contributed by atoms with Gasteiger partial charge in [0.25, 0.3) is 0 Å². The summed E-state index contributed by atoms with van der Waals surface area (Å²) >= 11 is 0. The smallest absolute Gasteiger partial charge is 0.367 e. The van der Waals surface area contributed by atoms with Crippen LogP contribution in [-0.2, 0) is 6.18 Å². The molecule has 0 amide bonds. The molecule has 1 aromatic heterocycles. The first-order valence-electron chi connectivity index (χ1n) is 4.75. The number of hydrogen-bond acceptors (Lipinski definition) is 4. The van der Waals surface area contributed by atoms with Gasteiger partial charge in [-0.25, -0.2) is 0 Å². The van der Waals surface area contributed by atoms with Crippen LogP contribution in [-0.4, -0.2) is 29.8 Å². The Morgan fingerprint density at radius 3 is 2.44 bits per heavy atom. The summed E-state index contributed by atoms with van der Waals surface area (Å²) in [5, 5.41) is 12.4. The zero-order chi connectivity index (χ0) is 12.2. The molecule has 7 heteroatoms. The van der Waals surface area contributed by atoms with Crippen LogP contribution in [0.4, 0.5) is 19.0 Å². The molecule has 4 nitrogen and oxygen atoms in total. The molecule has 0 aliphatic rings. The summed E-state index contributed by atoms with van der Waals surface area (Å²) in [4.78, 5) is 0. The standard InChI is InChI=1S/C9H13F3N4/c1-6(13-2)5-14-8-4-3-7(15-16-8)9(10,11)12/h3-4,6,13H,5H2,1-2H3,(H,14,16). The number of rotatable bonds is 4. The third-order valence-electron chi connectivity index (χ3n) is 2.04. The van der Waals surface area contributed by atoms with Crippen molar-refractivity contribution in [3.63, 3.8) is 0 Å². The van der Waals surface area contributed by atoms with E-state index in [-0.39, 0.29) is 6.04 Å². The van der Waals surface area contributed by atoms with E-state index < -0.39 is 11.9 Å². The first kappa shape index (κ1) is 12.7. The molecular weight excluding hydrogens is 221 g/mol. The zero-order valence-corrected chi connectivity index (χ0v) is 8.97. The van der Waals surface area contributed by atoms with Gasteiger partial charge >= 0.3 is 6.18 Å². The van der Waals surface area contributed by atoms with E-state index in [9.17, 15) is 13.2 Å². The molecule has 0 saturated carbocycles. The highest BCUT2D eigenvalue weighted by molar-refractivity contribution is 5.33. The predicted octanol–water partition coefficient (Wildman–Crippen LogP) is 1.52. The Bertz CT molecular complexity index is 323. The minimum absolute atomic E-state index is 0.198. The lowest BCUT2D eigenvalue weighted by molar-refractivity contribution is -0.141. The topological polar surface area (TPSA) is 49.8 Å². The Morgan fingerprint density at radius 2 is 2.00 bits per heavy atom. The number of aromatic nitrogens is 2. The molecule has 0 saturated heterocycles. The average molecular weight is 234 g/mol. The second-order valence-corrected chi connectivity index (χ2v) is 3.37. The Hall–Kier alpha value is -1.37. The van der Waals surface area contributed by atoms with Gasteiger partial charge in [0.1, 0.15) is 5.82 Å². The van der Waals surface area contributed by atoms with Crippen molar-refractivity contribution in [3.05, 3.63) is 17.8 Å². The van der Waals surface area contributed by atoms with Crippen molar-refractivity contribution in [2.75, 3.05) is 18.9 Å². The molecule has 0 spiro atoms. The molecule has 90 valence electrons.